The molecule has 12 aromatic rings. The van der Waals surface area contributed by atoms with E-state index in [4.69, 9.17) is 28.2 Å². The SMILES string of the molecule is c1ccc(N(c2ccccc2)c2ccc3c(c2)oc2cccc(-c4nc(-c5ccc6oc7ccccc7c6c5)nc(-c5ccc6oc7ccccc7c6c5)n4)c23)cc1. The summed E-state index contributed by atoms with van der Waals surface area (Å²) in [6.45, 7) is 0. The molecule has 272 valence electrons. The van der Waals surface area contributed by atoms with Gasteiger partial charge in [-0.2, -0.15) is 0 Å². The molecule has 0 N–H and O–H groups in total. The highest BCUT2D eigenvalue weighted by atomic mass is 16.3. The second kappa shape index (κ2) is 12.8. The van der Waals surface area contributed by atoms with Gasteiger partial charge in [0.05, 0.1) is 0 Å². The highest BCUT2D eigenvalue weighted by molar-refractivity contribution is 6.13. The van der Waals surface area contributed by atoms with Gasteiger partial charge in [-0.15, -0.1) is 0 Å². The molecular weight excluding hydrogens is 717 g/mol. The van der Waals surface area contributed by atoms with Crippen LogP contribution in [0, 0.1) is 0 Å². The summed E-state index contributed by atoms with van der Waals surface area (Å²) in [6, 6.07) is 61.6. The van der Waals surface area contributed by atoms with Gasteiger partial charge in [-0.25, -0.2) is 15.0 Å². The fraction of sp³-hybridized carbons (Fsp3) is 0. The van der Waals surface area contributed by atoms with Crippen LogP contribution in [0.4, 0.5) is 17.1 Å². The molecule has 58 heavy (non-hydrogen) atoms. The minimum atomic E-state index is 0.543. The second-order valence-corrected chi connectivity index (χ2v) is 14.4. The molecule has 0 amide bonds. The first-order valence-corrected chi connectivity index (χ1v) is 19.2. The Balaban J connectivity index is 1.06. The summed E-state index contributed by atoms with van der Waals surface area (Å²) in [5, 5.41) is 5.99. The van der Waals surface area contributed by atoms with Crippen molar-refractivity contribution < 1.29 is 13.3 Å². The van der Waals surface area contributed by atoms with Gasteiger partial charge in [0, 0.05) is 72.1 Å². The molecule has 0 aliphatic carbocycles. The third-order valence-corrected chi connectivity index (χ3v) is 10.9. The Morgan fingerprint density at radius 2 is 0.810 bits per heavy atom. The van der Waals surface area contributed by atoms with Gasteiger partial charge < -0.3 is 18.2 Å². The van der Waals surface area contributed by atoms with Gasteiger partial charge in [0.25, 0.3) is 0 Å². The van der Waals surface area contributed by atoms with Crippen LogP contribution in [-0.4, -0.2) is 15.0 Å². The Morgan fingerprint density at radius 1 is 0.310 bits per heavy atom. The van der Waals surface area contributed by atoms with Crippen molar-refractivity contribution in [3.8, 4) is 34.2 Å². The molecule has 4 heterocycles. The highest BCUT2D eigenvalue weighted by Gasteiger charge is 2.21. The second-order valence-electron chi connectivity index (χ2n) is 14.4. The van der Waals surface area contributed by atoms with Crippen LogP contribution in [0.25, 0.3) is 100.0 Å². The number of hydrogen-bond acceptors (Lipinski definition) is 7. The molecule has 0 saturated heterocycles. The van der Waals surface area contributed by atoms with Crippen molar-refractivity contribution in [2.75, 3.05) is 4.90 Å². The van der Waals surface area contributed by atoms with Crippen LogP contribution in [0.1, 0.15) is 0 Å². The minimum Gasteiger partial charge on any atom is -0.456 e. The van der Waals surface area contributed by atoms with Crippen LogP contribution in [0.3, 0.4) is 0 Å². The van der Waals surface area contributed by atoms with E-state index in [0.717, 1.165) is 99.6 Å². The molecule has 7 heteroatoms. The van der Waals surface area contributed by atoms with Crippen molar-refractivity contribution in [2.45, 2.75) is 0 Å². The molecule has 0 spiro atoms. The molecule has 8 aromatic carbocycles. The van der Waals surface area contributed by atoms with Crippen molar-refractivity contribution >= 4 is 82.9 Å². The van der Waals surface area contributed by atoms with Crippen LogP contribution in [0.15, 0.2) is 195 Å². The summed E-state index contributed by atoms with van der Waals surface area (Å²) in [7, 11) is 0. The maximum Gasteiger partial charge on any atom is 0.164 e. The van der Waals surface area contributed by atoms with Crippen LogP contribution in [0.5, 0.6) is 0 Å². The molecule has 7 nitrogen and oxygen atoms in total. The molecule has 0 bridgehead atoms. The van der Waals surface area contributed by atoms with E-state index in [-0.39, 0.29) is 0 Å². The lowest BCUT2D eigenvalue weighted by atomic mass is 10.0. The maximum atomic E-state index is 6.65. The molecule has 0 fully saturated rings. The topological polar surface area (TPSA) is 81.3 Å². The summed E-state index contributed by atoms with van der Waals surface area (Å²) < 4.78 is 19.0. The Bertz CT molecular complexity index is 3360. The Labute approximate surface area is 331 Å². The number of anilines is 3. The first-order valence-electron chi connectivity index (χ1n) is 19.2. The van der Waals surface area contributed by atoms with Gasteiger partial charge in [-0.05, 0) is 91.0 Å². The zero-order valence-electron chi connectivity index (χ0n) is 30.8. The molecule has 0 saturated carbocycles. The third-order valence-electron chi connectivity index (χ3n) is 10.9. The maximum absolute atomic E-state index is 6.65. The summed E-state index contributed by atoms with van der Waals surface area (Å²) in [5.74, 6) is 1.65. The third kappa shape index (κ3) is 5.18. The molecule has 0 radical (unpaired) electrons. The van der Waals surface area contributed by atoms with Crippen LogP contribution in [-0.2, 0) is 0 Å². The fourth-order valence-electron chi connectivity index (χ4n) is 8.23. The lowest BCUT2D eigenvalue weighted by Gasteiger charge is -2.25. The number of furan rings is 3. The molecule has 12 rings (SSSR count). The zero-order chi connectivity index (χ0) is 38.2. The van der Waals surface area contributed by atoms with Crippen molar-refractivity contribution in [3.63, 3.8) is 0 Å². The van der Waals surface area contributed by atoms with E-state index in [0.29, 0.717) is 17.5 Å². The van der Waals surface area contributed by atoms with Gasteiger partial charge in [-0.3, -0.25) is 0 Å². The highest BCUT2D eigenvalue weighted by Crippen LogP contribution is 2.42. The molecule has 4 aromatic heterocycles. The number of hydrogen-bond donors (Lipinski definition) is 0. The molecular formula is C51H30N4O3. The smallest absolute Gasteiger partial charge is 0.164 e. The summed E-state index contributed by atoms with van der Waals surface area (Å²) in [4.78, 5) is 17.8. The van der Waals surface area contributed by atoms with Gasteiger partial charge in [0.2, 0.25) is 0 Å². The van der Waals surface area contributed by atoms with Crippen LogP contribution >= 0.6 is 0 Å². The van der Waals surface area contributed by atoms with Gasteiger partial charge in [0.15, 0.2) is 17.5 Å². The van der Waals surface area contributed by atoms with E-state index < -0.39 is 0 Å². The molecule has 0 aliphatic heterocycles. The fourth-order valence-corrected chi connectivity index (χ4v) is 8.23. The molecule has 0 atom stereocenters. The van der Waals surface area contributed by atoms with Crippen LogP contribution < -0.4 is 4.90 Å². The van der Waals surface area contributed by atoms with E-state index in [9.17, 15) is 0 Å². The van der Waals surface area contributed by atoms with Crippen molar-refractivity contribution in [3.05, 3.63) is 182 Å². The lowest BCUT2D eigenvalue weighted by Crippen LogP contribution is -2.09. The minimum absolute atomic E-state index is 0.543. The molecule has 0 aliphatic rings. The normalized spacial score (nSPS) is 11.8. The summed E-state index contributed by atoms with van der Waals surface area (Å²) in [5.41, 5.74) is 10.5. The van der Waals surface area contributed by atoms with E-state index >= 15 is 0 Å². The quantitative estimate of drug-likeness (QED) is 0.168. The number of nitrogens with zero attached hydrogens (tertiary/aromatic N) is 4. The number of rotatable bonds is 6. The predicted molar refractivity (Wildman–Crippen MR) is 233 cm³/mol. The van der Waals surface area contributed by atoms with Gasteiger partial charge in [0.1, 0.15) is 33.5 Å². The van der Waals surface area contributed by atoms with Gasteiger partial charge >= 0.3 is 0 Å². The lowest BCUT2D eigenvalue weighted by molar-refractivity contribution is 0.668. The number of benzene rings is 8. The Hall–Kier alpha value is -8.03. The Kier molecular flexibility index (Phi) is 7.09. The van der Waals surface area contributed by atoms with Crippen LogP contribution in [0.2, 0.25) is 0 Å². The zero-order valence-corrected chi connectivity index (χ0v) is 30.8. The Morgan fingerprint density at radius 3 is 1.41 bits per heavy atom. The standard InChI is InChI=1S/C51H30N4O3/c1-3-12-33(13-4-1)55(34-14-5-2-6-15-34)35-24-25-38-47(30-35)58-46-21-11-18-39(48(38)46)51-53-49(31-22-26-44-40(28-31)36-16-7-9-19-42(36)56-44)52-50(54-51)32-23-27-45-41(29-32)37-17-8-10-20-43(37)57-45/h1-30H. The largest absolute Gasteiger partial charge is 0.456 e. The van der Waals surface area contributed by atoms with E-state index in [1.54, 1.807) is 0 Å². The summed E-state index contributed by atoms with van der Waals surface area (Å²) in [6.07, 6.45) is 0. The van der Waals surface area contributed by atoms with Gasteiger partial charge in [-0.1, -0.05) is 84.9 Å². The number of aromatic nitrogens is 3. The average Bonchev–Trinajstić information content (AvgIpc) is 3.97. The van der Waals surface area contributed by atoms with Crippen molar-refractivity contribution in [2.24, 2.45) is 0 Å². The average molecular weight is 747 g/mol. The van der Waals surface area contributed by atoms with E-state index in [2.05, 4.69) is 102 Å². The first-order chi connectivity index (χ1) is 28.7. The van der Waals surface area contributed by atoms with Crippen molar-refractivity contribution in [1.82, 2.24) is 15.0 Å². The number of para-hydroxylation sites is 4. The van der Waals surface area contributed by atoms with Crippen molar-refractivity contribution in [1.29, 1.82) is 0 Å². The monoisotopic (exact) mass is 746 g/mol. The van der Waals surface area contributed by atoms with E-state index in [1.807, 2.05) is 84.9 Å². The molecule has 0 unspecified atom stereocenters. The number of fused-ring (bicyclic) bond motifs is 9. The predicted octanol–water partition coefficient (Wildman–Crippen LogP) is 14.0. The summed E-state index contributed by atoms with van der Waals surface area (Å²) >= 11 is 0. The van der Waals surface area contributed by atoms with E-state index in [1.165, 1.54) is 0 Å². The first kappa shape index (κ1) is 32.2.